The molecule has 1 aromatic carbocycles. The number of carbonyl (C=O) groups is 1. The van der Waals surface area contributed by atoms with E-state index >= 15 is 0 Å². The molecule has 1 saturated carbocycles. The molecule has 2 amide bonds. The first-order valence-electron chi connectivity index (χ1n) is 7.61. The monoisotopic (exact) mass is 299 g/mol. The molecule has 1 fully saturated rings. The third-order valence-electron chi connectivity index (χ3n) is 4.02. The van der Waals surface area contributed by atoms with Crippen LogP contribution in [0, 0.1) is 5.92 Å². The molecule has 0 aliphatic heterocycles. The molecule has 6 nitrogen and oxygen atoms in total. The molecule has 0 radical (unpaired) electrons. The molecule has 2 aromatic rings. The number of hydrogen-bond donors (Lipinski definition) is 2. The predicted molar refractivity (Wildman–Crippen MR) is 83.0 cm³/mol. The Morgan fingerprint density at radius 1 is 1.27 bits per heavy atom. The minimum Gasteiger partial charge on any atom is -0.331 e. The largest absolute Gasteiger partial charge is 0.331 e. The average Bonchev–Trinajstić information content (AvgIpc) is 3.26. The number of aryl methyl sites for hydroxylation is 1. The Morgan fingerprint density at radius 3 is 2.59 bits per heavy atom. The van der Waals surface area contributed by atoms with Crippen molar-refractivity contribution in [1.82, 2.24) is 25.4 Å². The van der Waals surface area contributed by atoms with Gasteiger partial charge in [0.05, 0.1) is 12.1 Å². The van der Waals surface area contributed by atoms with Crippen LogP contribution in [0.15, 0.2) is 36.7 Å². The maximum atomic E-state index is 12.3. The van der Waals surface area contributed by atoms with E-state index in [2.05, 4.69) is 33.0 Å². The molecule has 0 saturated heterocycles. The van der Waals surface area contributed by atoms with Crippen molar-refractivity contribution in [1.29, 1.82) is 0 Å². The fourth-order valence-electron chi connectivity index (χ4n) is 2.69. The lowest BCUT2D eigenvalue weighted by Crippen LogP contribution is -2.40. The van der Waals surface area contributed by atoms with Crippen molar-refractivity contribution < 1.29 is 4.79 Å². The molecule has 6 heteroatoms. The van der Waals surface area contributed by atoms with Crippen LogP contribution in [0.3, 0.4) is 0 Å². The van der Waals surface area contributed by atoms with Crippen molar-refractivity contribution in [2.24, 2.45) is 13.0 Å². The van der Waals surface area contributed by atoms with E-state index in [1.807, 2.05) is 32.2 Å². The van der Waals surface area contributed by atoms with Crippen LogP contribution in [0.1, 0.15) is 43.2 Å². The molecular weight excluding hydrogens is 278 g/mol. The van der Waals surface area contributed by atoms with Crippen molar-refractivity contribution >= 4 is 6.03 Å². The minimum absolute atomic E-state index is 0.0768. The average molecular weight is 299 g/mol. The lowest BCUT2D eigenvalue weighted by Gasteiger charge is -2.21. The molecule has 0 spiro atoms. The molecule has 116 valence electrons. The molecule has 1 aromatic heterocycles. The van der Waals surface area contributed by atoms with Crippen LogP contribution in [-0.4, -0.2) is 20.8 Å². The first kappa shape index (κ1) is 14.6. The summed E-state index contributed by atoms with van der Waals surface area (Å²) in [6.45, 7) is 1.90. The van der Waals surface area contributed by atoms with E-state index in [1.165, 1.54) is 12.8 Å². The Kier molecular flexibility index (Phi) is 4.09. The third-order valence-corrected chi connectivity index (χ3v) is 4.02. The van der Waals surface area contributed by atoms with Gasteiger partial charge in [0, 0.05) is 7.05 Å². The van der Waals surface area contributed by atoms with Crippen LogP contribution in [0.25, 0.3) is 0 Å². The molecule has 0 bridgehead atoms. The summed E-state index contributed by atoms with van der Waals surface area (Å²) in [5.74, 6) is 1.27. The van der Waals surface area contributed by atoms with Crippen LogP contribution < -0.4 is 10.6 Å². The Balaban J connectivity index is 1.64. The summed E-state index contributed by atoms with van der Waals surface area (Å²) in [7, 11) is 1.86. The van der Waals surface area contributed by atoms with Crippen molar-refractivity contribution in [3.63, 3.8) is 0 Å². The number of benzene rings is 1. The summed E-state index contributed by atoms with van der Waals surface area (Å²) in [6, 6.07) is 9.85. The molecular formula is C16H21N5O. The summed E-state index contributed by atoms with van der Waals surface area (Å²) in [4.78, 5) is 12.3. The highest BCUT2D eigenvalue weighted by Crippen LogP contribution is 2.40. The highest BCUT2D eigenvalue weighted by atomic mass is 16.2. The Hall–Kier alpha value is -2.37. The molecule has 22 heavy (non-hydrogen) atoms. The molecule has 2 atom stereocenters. The zero-order valence-electron chi connectivity index (χ0n) is 12.9. The van der Waals surface area contributed by atoms with Crippen LogP contribution in [0.2, 0.25) is 0 Å². The number of hydrogen-bond acceptors (Lipinski definition) is 3. The summed E-state index contributed by atoms with van der Waals surface area (Å²) in [5.41, 5.74) is 1.16. The number of nitrogens with one attached hydrogen (secondary N) is 2. The molecule has 3 rings (SSSR count). The smallest absolute Gasteiger partial charge is 0.315 e. The van der Waals surface area contributed by atoms with Crippen molar-refractivity contribution in [3.8, 4) is 0 Å². The second-order valence-electron chi connectivity index (χ2n) is 5.87. The van der Waals surface area contributed by atoms with Crippen LogP contribution >= 0.6 is 0 Å². The maximum absolute atomic E-state index is 12.3. The summed E-state index contributed by atoms with van der Waals surface area (Å²) in [6.07, 6.45) is 3.96. The predicted octanol–water partition coefficient (Wildman–Crippen LogP) is 2.33. The van der Waals surface area contributed by atoms with Gasteiger partial charge in [0.15, 0.2) is 5.82 Å². The number of urea groups is 1. The first-order valence-corrected chi connectivity index (χ1v) is 7.61. The van der Waals surface area contributed by atoms with Gasteiger partial charge in [-0.2, -0.15) is 0 Å². The van der Waals surface area contributed by atoms with E-state index in [0.717, 1.165) is 11.4 Å². The lowest BCUT2D eigenvalue weighted by molar-refractivity contribution is 0.232. The lowest BCUT2D eigenvalue weighted by atomic mass is 10.0. The van der Waals surface area contributed by atoms with Gasteiger partial charge in [-0.25, -0.2) is 4.79 Å². The van der Waals surface area contributed by atoms with Crippen molar-refractivity contribution in [2.75, 3.05) is 0 Å². The van der Waals surface area contributed by atoms with Gasteiger partial charge in [-0.15, -0.1) is 10.2 Å². The quantitative estimate of drug-likeness (QED) is 0.890. The van der Waals surface area contributed by atoms with E-state index in [4.69, 9.17) is 0 Å². The third kappa shape index (κ3) is 3.27. The normalized spacial score (nSPS) is 16.8. The second-order valence-corrected chi connectivity index (χ2v) is 5.87. The van der Waals surface area contributed by atoms with E-state index in [-0.39, 0.29) is 18.1 Å². The van der Waals surface area contributed by atoms with Crippen molar-refractivity contribution in [2.45, 2.75) is 31.8 Å². The van der Waals surface area contributed by atoms with Gasteiger partial charge in [-0.05, 0) is 31.2 Å². The number of aromatic nitrogens is 3. The van der Waals surface area contributed by atoms with E-state index in [9.17, 15) is 4.79 Å². The molecule has 2 unspecified atom stereocenters. The Bertz CT molecular complexity index is 635. The summed E-state index contributed by atoms with van der Waals surface area (Å²) in [5, 5.41) is 13.9. The SMILES string of the molecule is CC(NC(=O)NC(c1ccccc1)C1CC1)c1nncn1C. The molecule has 2 N–H and O–H groups in total. The van der Waals surface area contributed by atoms with Gasteiger partial charge >= 0.3 is 6.03 Å². The number of rotatable bonds is 5. The van der Waals surface area contributed by atoms with Gasteiger partial charge in [-0.1, -0.05) is 30.3 Å². The summed E-state index contributed by atoms with van der Waals surface area (Å²) >= 11 is 0. The first-order chi connectivity index (χ1) is 10.6. The highest BCUT2D eigenvalue weighted by Gasteiger charge is 2.33. The van der Waals surface area contributed by atoms with E-state index in [1.54, 1.807) is 10.9 Å². The van der Waals surface area contributed by atoms with Gasteiger partial charge in [-0.3, -0.25) is 0 Å². The van der Waals surface area contributed by atoms with E-state index in [0.29, 0.717) is 5.92 Å². The van der Waals surface area contributed by atoms with Crippen LogP contribution in [-0.2, 0) is 7.05 Å². The number of amides is 2. The van der Waals surface area contributed by atoms with E-state index < -0.39 is 0 Å². The Labute approximate surface area is 129 Å². The minimum atomic E-state index is -0.192. The van der Waals surface area contributed by atoms with Gasteiger partial charge in [0.2, 0.25) is 0 Å². The molecule has 1 aliphatic carbocycles. The van der Waals surface area contributed by atoms with Gasteiger partial charge < -0.3 is 15.2 Å². The van der Waals surface area contributed by atoms with Gasteiger partial charge in [0.1, 0.15) is 6.33 Å². The van der Waals surface area contributed by atoms with Crippen LogP contribution in [0.4, 0.5) is 4.79 Å². The molecule has 1 heterocycles. The molecule has 1 aliphatic rings. The Morgan fingerprint density at radius 2 is 2.00 bits per heavy atom. The zero-order valence-corrected chi connectivity index (χ0v) is 12.9. The summed E-state index contributed by atoms with van der Waals surface area (Å²) < 4.78 is 1.81. The fraction of sp³-hybridized carbons (Fsp3) is 0.438. The van der Waals surface area contributed by atoms with Gasteiger partial charge in [0.25, 0.3) is 0 Å². The van der Waals surface area contributed by atoms with Crippen LogP contribution in [0.5, 0.6) is 0 Å². The number of nitrogens with zero attached hydrogens (tertiary/aromatic N) is 3. The zero-order chi connectivity index (χ0) is 15.5. The second kappa shape index (κ2) is 6.17. The number of carbonyl (C=O) groups excluding carboxylic acids is 1. The highest BCUT2D eigenvalue weighted by molar-refractivity contribution is 5.75. The fourth-order valence-corrected chi connectivity index (χ4v) is 2.69. The van der Waals surface area contributed by atoms with Crippen molar-refractivity contribution in [3.05, 3.63) is 48.0 Å². The topological polar surface area (TPSA) is 71.8 Å². The maximum Gasteiger partial charge on any atom is 0.315 e. The standard InChI is InChI=1S/C16H21N5O/c1-11(15-20-17-10-21(15)2)18-16(22)19-14(13-8-9-13)12-6-4-3-5-7-12/h3-7,10-11,13-14H,8-9H2,1-2H3,(H2,18,19,22).